The van der Waals surface area contributed by atoms with Crippen LogP contribution in [0.4, 0.5) is 0 Å². The molecule has 0 aliphatic heterocycles. The van der Waals surface area contributed by atoms with Crippen LogP contribution in [-0.2, 0) is 13.0 Å². The lowest BCUT2D eigenvalue weighted by Gasteiger charge is -2.09. The summed E-state index contributed by atoms with van der Waals surface area (Å²) in [4.78, 5) is 4.17. The van der Waals surface area contributed by atoms with Crippen LogP contribution in [0.25, 0.3) is 0 Å². The molecule has 0 amide bonds. The van der Waals surface area contributed by atoms with E-state index in [1.807, 2.05) is 12.1 Å². The largest absolute Gasteiger partial charge is 0.439 e. The van der Waals surface area contributed by atoms with Gasteiger partial charge in [0, 0.05) is 16.2 Å². The first-order valence-electron chi connectivity index (χ1n) is 6.25. The Kier molecular flexibility index (Phi) is 4.93. The molecule has 1 aromatic carbocycles. The third-order valence-electron chi connectivity index (χ3n) is 2.74. The number of aromatic nitrogens is 1. The fraction of sp³-hybridized carbons (Fsp3) is 0.267. The zero-order valence-electron chi connectivity index (χ0n) is 10.8. The highest BCUT2D eigenvalue weighted by atomic mass is 79.9. The lowest BCUT2D eigenvalue weighted by molar-refractivity contribution is 0.275. The van der Waals surface area contributed by atoms with Crippen LogP contribution in [0.2, 0.25) is 0 Å². The second-order valence-corrected chi connectivity index (χ2v) is 5.19. The molecule has 0 saturated heterocycles. The molecule has 0 atom stereocenters. The molecule has 1 N–H and O–H groups in total. The van der Waals surface area contributed by atoms with E-state index in [4.69, 9.17) is 4.74 Å². The maximum atomic E-state index is 9.29. The molecule has 0 unspecified atom stereocenters. The molecule has 2 rings (SSSR count). The van der Waals surface area contributed by atoms with E-state index < -0.39 is 0 Å². The van der Waals surface area contributed by atoms with Gasteiger partial charge < -0.3 is 9.84 Å². The Labute approximate surface area is 121 Å². The molecule has 0 bridgehead atoms. The number of benzene rings is 1. The van der Waals surface area contributed by atoms with Crippen LogP contribution in [0.15, 0.2) is 41.0 Å². The van der Waals surface area contributed by atoms with Gasteiger partial charge in [0.15, 0.2) is 0 Å². The highest BCUT2D eigenvalue weighted by Gasteiger charge is 2.06. The van der Waals surface area contributed by atoms with Gasteiger partial charge in [0.25, 0.3) is 0 Å². The van der Waals surface area contributed by atoms with Crippen molar-refractivity contribution in [3.63, 3.8) is 0 Å². The Bertz CT molecular complexity index is 540. The Morgan fingerprint density at radius 1 is 1.26 bits per heavy atom. The van der Waals surface area contributed by atoms with Crippen molar-refractivity contribution >= 4 is 15.9 Å². The van der Waals surface area contributed by atoms with Gasteiger partial charge in [-0.25, -0.2) is 4.98 Å². The lowest BCUT2D eigenvalue weighted by Crippen LogP contribution is -1.95. The summed E-state index contributed by atoms with van der Waals surface area (Å²) in [6, 6.07) is 9.76. The van der Waals surface area contributed by atoms with E-state index in [-0.39, 0.29) is 6.61 Å². The molecule has 0 aliphatic rings. The van der Waals surface area contributed by atoms with Crippen LogP contribution in [-0.4, -0.2) is 10.1 Å². The van der Waals surface area contributed by atoms with Crippen LogP contribution < -0.4 is 4.74 Å². The number of aryl methyl sites for hydroxylation is 1. The summed E-state index contributed by atoms with van der Waals surface area (Å²) in [5.74, 6) is 1.17. The van der Waals surface area contributed by atoms with Crippen LogP contribution in [0, 0.1) is 0 Å². The third-order valence-corrected chi connectivity index (χ3v) is 3.17. The molecule has 19 heavy (non-hydrogen) atoms. The molecule has 3 nitrogen and oxygen atoms in total. The Morgan fingerprint density at radius 2 is 2.00 bits per heavy atom. The topological polar surface area (TPSA) is 42.4 Å². The summed E-state index contributed by atoms with van der Waals surface area (Å²) >= 11 is 3.32. The predicted octanol–water partition coefficient (Wildman–Crippen LogP) is 4.08. The molecule has 0 fully saturated rings. The quantitative estimate of drug-likeness (QED) is 0.902. The van der Waals surface area contributed by atoms with Gasteiger partial charge in [-0.05, 0) is 46.1 Å². The van der Waals surface area contributed by atoms with Crippen molar-refractivity contribution < 1.29 is 9.84 Å². The second kappa shape index (κ2) is 6.68. The van der Waals surface area contributed by atoms with E-state index in [0.29, 0.717) is 11.4 Å². The van der Waals surface area contributed by atoms with Crippen molar-refractivity contribution in [3.8, 4) is 11.6 Å². The van der Waals surface area contributed by atoms with E-state index >= 15 is 0 Å². The van der Waals surface area contributed by atoms with Gasteiger partial charge >= 0.3 is 0 Å². The van der Waals surface area contributed by atoms with Crippen molar-refractivity contribution in [2.45, 2.75) is 26.4 Å². The van der Waals surface area contributed by atoms with Gasteiger partial charge in [-0.1, -0.05) is 25.5 Å². The van der Waals surface area contributed by atoms with Gasteiger partial charge in [-0.3, -0.25) is 0 Å². The first-order valence-corrected chi connectivity index (χ1v) is 7.04. The summed E-state index contributed by atoms with van der Waals surface area (Å²) in [5.41, 5.74) is 1.95. The summed E-state index contributed by atoms with van der Waals surface area (Å²) < 4.78 is 6.52. The fourth-order valence-corrected chi connectivity index (χ4v) is 2.18. The van der Waals surface area contributed by atoms with Gasteiger partial charge in [-0.15, -0.1) is 0 Å². The van der Waals surface area contributed by atoms with Gasteiger partial charge in [-0.2, -0.15) is 0 Å². The smallest absolute Gasteiger partial charge is 0.224 e. The molecule has 4 heteroatoms. The highest BCUT2D eigenvalue weighted by molar-refractivity contribution is 9.10. The zero-order valence-corrected chi connectivity index (χ0v) is 12.4. The molecule has 0 spiro atoms. The standard InChI is InChI=1S/C15H16BrNO2/c1-2-3-11-4-6-14(7-5-11)19-15-12(10-18)8-13(16)9-17-15/h4-9,18H,2-3,10H2,1H3. The number of aliphatic hydroxyl groups is 1. The number of rotatable bonds is 5. The number of ether oxygens (including phenoxy) is 1. The summed E-state index contributed by atoms with van der Waals surface area (Å²) in [6.07, 6.45) is 3.85. The molecule has 1 aromatic heterocycles. The summed E-state index contributed by atoms with van der Waals surface area (Å²) in [5, 5.41) is 9.29. The van der Waals surface area contributed by atoms with Gasteiger partial charge in [0.05, 0.1) is 6.61 Å². The number of nitrogens with zero attached hydrogens (tertiary/aromatic N) is 1. The van der Waals surface area contributed by atoms with Crippen LogP contribution in [0.1, 0.15) is 24.5 Å². The molecule has 100 valence electrons. The van der Waals surface area contributed by atoms with Gasteiger partial charge in [0.1, 0.15) is 5.75 Å². The van der Waals surface area contributed by atoms with E-state index in [9.17, 15) is 5.11 Å². The minimum atomic E-state index is -0.101. The zero-order chi connectivity index (χ0) is 13.7. The Hall–Kier alpha value is -1.39. The fourth-order valence-electron chi connectivity index (χ4n) is 1.80. The second-order valence-electron chi connectivity index (χ2n) is 4.27. The van der Waals surface area contributed by atoms with E-state index in [1.165, 1.54) is 5.56 Å². The molecule has 2 aromatic rings. The number of pyridine rings is 1. The number of aliphatic hydroxyl groups excluding tert-OH is 1. The van der Waals surface area contributed by atoms with E-state index in [0.717, 1.165) is 23.1 Å². The lowest BCUT2D eigenvalue weighted by atomic mass is 10.1. The Morgan fingerprint density at radius 3 is 2.63 bits per heavy atom. The SMILES string of the molecule is CCCc1ccc(Oc2ncc(Br)cc2CO)cc1. The maximum absolute atomic E-state index is 9.29. The molecule has 1 heterocycles. The molecular weight excluding hydrogens is 306 g/mol. The minimum Gasteiger partial charge on any atom is -0.439 e. The monoisotopic (exact) mass is 321 g/mol. The average Bonchev–Trinajstić information content (AvgIpc) is 2.43. The highest BCUT2D eigenvalue weighted by Crippen LogP contribution is 2.25. The average molecular weight is 322 g/mol. The molecular formula is C15H16BrNO2. The Balaban J connectivity index is 2.16. The van der Waals surface area contributed by atoms with Crippen molar-refractivity contribution in [1.29, 1.82) is 0 Å². The van der Waals surface area contributed by atoms with Crippen molar-refractivity contribution in [2.24, 2.45) is 0 Å². The number of halogens is 1. The van der Waals surface area contributed by atoms with E-state index in [1.54, 1.807) is 12.3 Å². The predicted molar refractivity (Wildman–Crippen MR) is 78.4 cm³/mol. The van der Waals surface area contributed by atoms with Crippen LogP contribution in [0.3, 0.4) is 0 Å². The normalized spacial score (nSPS) is 10.5. The van der Waals surface area contributed by atoms with Crippen LogP contribution in [0.5, 0.6) is 11.6 Å². The summed E-state index contributed by atoms with van der Waals surface area (Å²) in [7, 11) is 0. The number of hydrogen-bond donors (Lipinski definition) is 1. The number of hydrogen-bond acceptors (Lipinski definition) is 3. The molecule has 0 aliphatic carbocycles. The molecule has 0 radical (unpaired) electrons. The first kappa shape index (κ1) is 14.0. The maximum Gasteiger partial charge on any atom is 0.224 e. The van der Waals surface area contributed by atoms with Crippen LogP contribution >= 0.6 is 15.9 Å². The van der Waals surface area contributed by atoms with Gasteiger partial charge in [0.2, 0.25) is 5.88 Å². The first-order chi connectivity index (χ1) is 9.22. The van der Waals surface area contributed by atoms with Crippen molar-refractivity contribution in [3.05, 3.63) is 52.1 Å². The minimum absolute atomic E-state index is 0.101. The van der Waals surface area contributed by atoms with E-state index in [2.05, 4.69) is 40.0 Å². The third kappa shape index (κ3) is 3.78. The summed E-state index contributed by atoms with van der Waals surface area (Å²) in [6.45, 7) is 2.05. The molecule has 0 saturated carbocycles. The van der Waals surface area contributed by atoms with Crippen molar-refractivity contribution in [2.75, 3.05) is 0 Å². The van der Waals surface area contributed by atoms with Crippen molar-refractivity contribution in [1.82, 2.24) is 4.98 Å².